The molecule has 152 valence electrons. The highest BCUT2D eigenvalue weighted by atomic mass is 15.1. The molecule has 1 aliphatic rings. The molecule has 3 rings (SSSR count). The van der Waals surface area contributed by atoms with Crippen molar-refractivity contribution in [3.05, 3.63) is 65.7 Å². The molecule has 2 nitrogen and oxygen atoms in total. The summed E-state index contributed by atoms with van der Waals surface area (Å²) < 4.78 is 0. The number of fused-ring (bicyclic) bond motifs is 1. The summed E-state index contributed by atoms with van der Waals surface area (Å²) in [6, 6.07) is 18.4. The molecule has 2 heteroatoms. The average molecular weight is 371 g/mol. The lowest BCUT2D eigenvalue weighted by Crippen LogP contribution is -2.00. The lowest BCUT2D eigenvalue weighted by Gasteiger charge is -2.13. The first-order valence-corrected chi connectivity index (χ1v) is 10.6. The minimum absolute atomic E-state index is 0.903. The van der Waals surface area contributed by atoms with Gasteiger partial charge in [0, 0.05) is 7.05 Å². The van der Waals surface area contributed by atoms with Gasteiger partial charge in [0.15, 0.2) is 0 Å². The van der Waals surface area contributed by atoms with E-state index in [1.54, 1.807) is 18.2 Å². The Morgan fingerprint density at radius 3 is 1.41 bits per heavy atom. The van der Waals surface area contributed by atoms with Crippen molar-refractivity contribution in [3.8, 4) is 0 Å². The van der Waals surface area contributed by atoms with E-state index >= 15 is 0 Å². The quantitative estimate of drug-likeness (QED) is 0.448. The molecule has 0 bridgehead atoms. The van der Waals surface area contributed by atoms with Crippen molar-refractivity contribution >= 4 is 5.69 Å². The van der Waals surface area contributed by atoms with Crippen molar-refractivity contribution < 1.29 is 0 Å². The Labute approximate surface area is 169 Å². The van der Waals surface area contributed by atoms with Crippen molar-refractivity contribution in [3.63, 3.8) is 0 Å². The maximum Gasteiger partial charge on any atom is 0.0852 e. The van der Waals surface area contributed by atoms with E-state index in [1.165, 1.54) is 38.5 Å². The van der Waals surface area contributed by atoms with Crippen LogP contribution in [0.5, 0.6) is 0 Å². The topological polar surface area (TPSA) is 24.7 Å². The van der Waals surface area contributed by atoms with E-state index in [9.17, 15) is 0 Å². The first kappa shape index (κ1) is 27.3. The zero-order valence-corrected chi connectivity index (χ0v) is 18.8. The zero-order valence-electron chi connectivity index (χ0n) is 18.8. The van der Waals surface area contributed by atoms with Gasteiger partial charge in [0.05, 0.1) is 5.69 Å². The van der Waals surface area contributed by atoms with Gasteiger partial charge in [-0.25, -0.2) is 0 Å². The van der Waals surface area contributed by atoms with Gasteiger partial charge in [-0.1, -0.05) is 96.8 Å². The normalized spacial score (nSPS) is 11.1. The van der Waals surface area contributed by atoms with E-state index in [1.807, 2.05) is 44.2 Å². The molecule has 0 atom stereocenters. The third-order valence-electron chi connectivity index (χ3n) is 3.23. The van der Waals surface area contributed by atoms with E-state index in [2.05, 4.69) is 62.2 Å². The zero-order chi connectivity index (χ0) is 20.8. The van der Waals surface area contributed by atoms with E-state index in [-0.39, 0.29) is 0 Å². The number of hydrogen-bond donors (Lipinski definition) is 0. The largest absolute Gasteiger partial charge is 0.192 e. The van der Waals surface area contributed by atoms with Crippen molar-refractivity contribution in [2.24, 2.45) is 10.2 Å². The van der Waals surface area contributed by atoms with E-state index < -0.39 is 0 Å². The predicted molar refractivity (Wildman–Crippen MR) is 123 cm³/mol. The fraction of sp³-hybridized carbons (Fsp3) is 0.520. The van der Waals surface area contributed by atoms with Crippen molar-refractivity contribution in [2.75, 3.05) is 7.05 Å². The summed E-state index contributed by atoms with van der Waals surface area (Å²) in [4.78, 5) is 0. The Morgan fingerprint density at radius 1 is 0.667 bits per heavy atom. The Hall–Kier alpha value is -1.96. The SMILES string of the molecule is CC.CCC.CCC.CN=Nc1ccccc1.c1ccc2c(c1)CCCC2. The van der Waals surface area contributed by atoms with Crippen LogP contribution in [0.15, 0.2) is 64.8 Å². The minimum atomic E-state index is 0.903. The van der Waals surface area contributed by atoms with E-state index in [4.69, 9.17) is 0 Å². The smallest absolute Gasteiger partial charge is 0.0852 e. The molecule has 2 aromatic rings. The van der Waals surface area contributed by atoms with Gasteiger partial charge in [0.1, 0.15) is 0 Å². The number of aryl methyl sites for hydroxylation is 2. The fourth-order valence-corrected chi connectivity index (χ4v) is 2.29. The predicted octanol–water partition coefficient (Wildman–Crippen LogP) is 8.82. The maximum atomic E-state index is 3.83. The average Bonchev–Trinajstić information content (AvgIpc) is 2.72. The van der Waals surface area contributed by atoms with Crippen LogP contribution >= 0.6 is 0 Å². The molecule has 0 saturated heterocycles. The van der Waals surface area contributed by atoms with Crippen LogP contribution in [0.1, 0.15) is 78.4 Å². The summed E-state index contributed by atoms with van der Waals surface area (Å²) in [5, 5.41) is 7.46. The summed E-state index contributed by atoms with van der Waals surface area (Å²) in [5.41, 5.74) is 4.06. The molecule has 0 amide bonds. The summed E-state index contributed by atoms with van der Waals surface area (Å²) in [6.45, 7) is 12.5. The number of rotatable bonds is 1. The molecule has 0 radical (unpaired) electrons. The van der Waals surface area contributed by atoms with Gasteiger partial charge < -0.3 is 0 Å². The highest BCUT2D eigenvalue weighted by Gasteiger charge is 2.05. The second-order valence-corrected chi connectivity index (χ2v) is 6.03. The molecule has 0 aromatic heterocycles. The second kappa shape index (κ2) is 22.1. The van der Waals surface area contributed by atoms with Crippen LogP contribution in [0.3, 0.4) is 0 Å². The van der Waals surface area contributed by atoms with Crippen LogP contribution in [0.25, 0.3) is 0 Å². The van der Waals surface area contributed by atoms with Crippen molar-refractivity contribution in [1.82, 2.24) is 0 Å². The van der Waals surface area contributed by atoms with Crippen LogP contribution in [0.2, 0.25) is 0 Å². The van der Waals surface area contributed by atoms with Crippen molar-refractivity contribution in [2.45, 2.75) is 80.1 Å². The van der Waals surface area contributed by atoms with Gasteiger partial charge in [-0.3, -0.25) is 0 Å². The Bertz CT molecular complexity index is 520. The molecular formula is C25H42N2. The molecule has 27 heavy (non-hydrogen) atoms. The molecule has 0 fully saturated rings. The summed E-state index contributed by atoms with van der Waals surface area (Å²) in [7, 11) is 1.66. The summed E-state index contributed by atoms with van der Waals surface area (Å²) >= 11 is 0. The molecule has 0 saturated carbocycles. The first-order valence-electron chi connectivity index (χ1n) is 10.6. The lowest BCUT2D eigenvalue weighted by molar-refractivity contribution is 0.685. The number of azo groups is 1. The van der Waals surface area contributed by atoms with Crippen molar-refractivity contribution in [1.29, 1.82) is 0 Å². The minimum Gasteiger partial charge on any atom is -0.192 e. The number of benzene rings is 2. The number of nitrogens with zero attached hydrogens (tertiary/aromatic N) is 2. The molecule has 1 aliphatic carbocycles. The Morgan fingerprint density at radius 2 is 1.04 bits per heavy atom. The highest BCUT2D eigenvalue weighted by molar-refractivity contribution is 5.34. The van der Waals surface area contributed by atoms with Crippen LogP contribution in [0.4, 0.5) is 5.69 Å². The molecule has 0 aliphatic heterocycles. The fourth-order valence-electron chi connectivity index (χ4n) is 2.29. The Kier molecular flexibility index (Phi) is 22.3. The number of hydrogen-bond acceptors (Lipinski definition) is 2. The Balaban J connectivity index is 0. The first-order chi connectivity index (χ1) is 13.2. The maximum absolute atomic E-state index is 3.83. The second-order valence-electron chi connectivity index (χ2n) is 6.03. The van der Waals surface area contributed by atoms with Crippen LogP contribution in [-0.2, 0) is 12.8 Å². The van der Waals surface area contributed by atoms with E-state index in [0.717, 1.165) is 5.69 Å². The standard InChI is InChI=1S/C10H12.C7H8N2.2C3H8.C2H6/c1-2-6-10-8-4-3-7-9(10)5-1;1-8-9-7-5-3-2-4-6-7;2*1-3-2;1-2/h1-2,5-6H,3-4,7-8H2;2-6H,1H3;2*3H2,1-2H3;1-2H3. The van der Waals surface area contributed by atoms with Gasteiger partial charge in [-0.05, 0) is 48.9 Å². The molecule has 0 heterocycles. The molecule has 0 N–H and O–H groups in total. The lowest BCUT2D eigenvalue weighted by atomic mass is 9.92. The van der Waals surface area contributed by atoms with Crippen LogP contribution in [0, 0.1) is 0 Å². The van der Waals surface area contributed by atoms with E-state index in [0.29, 0.717) is 0 Å². The summed E-state index contributed by atoms with van der Waals surface area (Å²) in [6.07, 6.45) is 7.88. The van der Waals surface area contributed by atoms with Gasteiger partial charge in [0.2, 0.25) is 0 Å². The monoisotopic (exact) mass is 370 g/mol. The van der Waals surface area contributed by atoms with Gasteiger partial charge >= 0.3 is 0 Å². The molecule has 2 aromatic carbocycles. The molecular weight excluding hydrogens is 328 g/mol. The van der Waals surface area contributed by atoms with Gasteiger partial charge in [-0.15, -0.1) is 0 Å². The third-order valence-corrected chi connectivity index (χ3v) is 3.23. The molecule has 0 spiro atoms. The van der Waals surface area contributed by atoms with Gasteiger partial charge in [0.25, 0.3) is 0 Å². The highest BCUT2D eigenvalue weighted by Crippen LogP contribution is 2.19. The van der Waals surface area contributed by atoms with Crippen LogP contribution in [-0.4, -0.2) is 7.05 Å². The van der Waals surface area contributed by atoms with Crippen LogP contribution < -0.4 is 0 Å². The van der Waals surface area contributed by atoms with Gasteiger partial charge in [-0.2, -0.15) is 10.2 Å². The molecule has 0 unspecified atom stereocenters. The third kappa shape index (κ3) is 16.0. The summed E-state index contributed by atoms with van der Waals surface area (Å²) in [5.74, 6) is 0.